The number of fused-ring (bicyclic) bond motifs is 1. The number of imidazole rings is 1. The molecule has 0 saturated carbocycles. The van der Waals surface area contributed by atoms with Gasteiger partial charge in [-0.05, 0) is 25.0 Å². The van der Waals surface area contributed by atoms with Crippen LogP contribution in [0.3, 0.4) is 0 Å². The predicted molar refractivity (Wildman–Crippen MR) is 58.1 cm³/mol. The van der Waals surface area contributed by atoms with Crippen molar-refractivity contribution in [2.45, 2.75) is 19.3 Å². The molecule has 0 amide bonds. The highest BCUT2D eigenvalue weighted by Crippen LogP contribution is 2.24. The summed E-state index contributed by atoms with van der Waals surface area (Å²) in [5.74, 6) is 1.61. The lowest BCUT2D eigenvalue weighted by molar-refractivity contribution is 0.193. The Balaban J connectivity index is 2.13. The van der Waals surface area contributed by atoms with E-state index in [1.165, 1.54) is 11.1 Å². The molecule has 3 nitrogen and oxygen atoms in total. The van der Waals surface area contributed by atoms with Crippen LogP contribution in [-0.4, -0.2) is 22.6 Å². The lowest BCUT2D eigenvalue weighted by atomic mass is 10.1. The zero-order chi connectivity index (χ0) is 10.3. The summed E-state index contributed by atoms with van der Waals surface area (Å²) in [7, 11) is 0. The number of rotatable bonds is 1. The Kier molecular flexibility index (Phi) is 1.99. The van der Waals surface area contributed by atoms with Crippen LogP contribution in [0.5, 0.6) is 0 Å². The van der Waals surface area contributed by atoms with E-state index in [9.17, 15) is 0 Å². The van der Waals surface area contributed by atoms with Crippen LogP contribution in [0.2, 0.25) is 0 Å². The second kappa shape index (κ2) is 3.35. The van der Waals surface area contributed by atoms with Gasteiger partial charge in [0.1, 0.15) is 5.82 Å². The van der Waals surface area contributed by atoms with E-state index in [2.05, 4.69) is 34.6 Å². The monoisotopic (exact) mass is 202 g/mol. The van der Waals surface area contributed by atoms with Crippen molar-refractivity contribution in [1.82, 2.24) is 9.38 Å². The van der Waals surface area contributed by atoms with Gasteiger partial charge in [-0.15, -0.1) is 0 Å². The Labute approximate surface area is 88.7 Å². The third kappa shape index (κ3) is 1.43. The standard InChI is InChI=1S/C12H14N2O/c1-9-2-3-11-6-13-12(14(11)7-9)10-4-5-15-8-10/h2-3,6-7,10H,4-5,8H2,1H3. The molecule has 1 unspecified atom stereocenters. The van der Waals surface area contributed by atoms with E-state index >= 15 is 0 Å². The molecule has 0 bridgehead atoms. The van der Waals surface area contributed by atoms with Gasteiger partial charge < -0.3 is 9.14 Å². The van der Waals surface area contributed by atoms with Crippen LogP contribution >= 0.6 is 0 Å². The maximum atomic E-state index is 5.41. The molecule has 15 heavy (non-hydrogen) atoms. The van der Waals surface area contributed by atoms with E-state index < -0.39 is 0 Å². The summed E-state index contributed by atoms with van der Waals surface area (Å²) in [6, 6.07) is 4.23. The molecule has 1 atom stereocenters. The fourth-order valence-corrected chi connectivity index (χ4v) is 2.16. The highest BCUT2D eigenvalue weighted by atomic mass is 16.5. The largest absolute Gasteiger partial charge is 0.381 e. The van der Waals surface area contributed by atoms with Crippen molar-refractivity contribution in [1.29, 1.82) is 0 Å². The summed E-state index contributed by atoms with van der Waals surface area (Å²) in [6.45, 7) is 3.78. The number of pyridine rings is 1. The van der Waals surface area contributed by atoms with Crippen molar-refractivity contribution in [3.63, 3.8) is 0 Å². The number of hydrogen-bond acceptors (Lipinski definition) is 2. The molecule has 0 radical (unpaired) electrons. The lowest BCUT2D eigenvalue weighted by Gasteiger charge is -2.06. The summed E-state index contributed by atoms with van der Waals surface area (Å²) in [4.78, 5) is 4.50. The first-order chi connectivity index (χ1) is 7.34. The Morgan fingerprint density at radius 3 is 3.20 bits per heavy atom. The number of aryl methyl sites for hydroxylation is 1. The molecular formula is C12H14N2O. The van der Waals surface area contributed by atoms with E-state index in [0.717, 1.165) is 25.5 Å². The summed E-state index contributed by atoms with van der Waals surface area (Å²) < 4.78 is 7.60. The number of aromatic nitrogens is 2. The van der Waals surface area contributed by atoms with Gasteiger partial charge in [0.25, 0.3) is 0 Å². The van der Waals surface area contributed by atoms with E-state index in [1.807, 2.05) is 6.20 Å². The molecule has 3 heterocycles. The second-order valence-corrected chi connectivity index (χ2v) is 4.18. The summed E-state index contributed by atoms with van der Waals surface area (Å²) in [5.41, 5.74) is 2.43. The Morgan fingerprint density at radius 1 is 1.47 bits per heavy atom. The van der Waals surface area contributed by atoms with Gasteiger partial charge in [0.2, 0.25) is 0 Å². The molecule has 78 valence electrons. The summed E-state index contributed by atoms with van der Waals surface area (Å²) in [5, 5.41) is 0. The van der Waals surface area contributed by atoms with Crippen molar-refractivity contribution in [3.05, 3.63) is 35.9 Å². The Bertz CT molecular complexity index is 483. The molecule has 2 aromatic rings. The molecule has 3 heteroatoms. The average Bonchev–Trinajstić information content (AvgIpc) is 2.83. The van der Waals surface area contributed by atoms with E-state index in [0.29, 0.717) is 5.92 Å². The number of nitrogens with zero attached hydrogens (tertiary/aromatic N) is 2. The van der Waals surface area contributed by atoms with Crippen LogP contribution in [0.15, 0.2) is 24.5 Å². The number of ether oxygens (including phenoxy) is 1. The van der Waals surface area contributed by atoms with Gasteiger partial charge in [0.05, 0.1) is 18.3 Å². The Hall–Kier alpha value is -1.35. The van der Waals surface area contributed by atoms with E-state index in [1.54, 1.807) is 0 Å². The van der Waals surface area contributed by atoms with Gasteiger partial charge in [-0.25, -0.2) is 4.98 Å². The lowest BCUT2D eigenvalue weighted by Crippen LogP contribution is -2.03. The van der Waals surface area contributed by atoms with Gasteiger partial charge in [0.15, 0.2) is 0 Å². The second-order valence-electron chi connectivity index (χ2n) is 4.18. The minimum absolute atomic E-state index is 0.467. The first kappa shape index (κ1) is 8.92. The highest BCUT2D eigenvalue weighted by molar-refractivity contribution is 5.47. The molecule has 0 spiro atoms. The van der Waals surface area contributed by atoms with Crippen molar-refractivity contribution in [2.75, 3.05) is 13.2 Å². The Morgan fingerprint density at radius 2 is 2.40 bits per heavy atom. The van der Waals surface area contributed by atoms with Gasteiger partial charge in [0, 0.05) is 18.7 Å². The quantitative estimate of drug-likeness (QED) is 0.708. The zero-order valence-electron chi connectivity index (χ0n) is 8.81. The van der Waals surface area contributed by atoms with Crippen LogP contribution in [0.25, 0.3) is 5.52 Å². The highest BCUT2D eigenvalue weighted by Gasteiger charge is 2.21. The molecule has 1 saturated heterocycles. The van der Waals surface area contributed by atoms with Gasteiger partial charge in [-0.1, -0.05) is 6.07 Å². The van der Waals surface area contributed by atoms with Crippen molar-refractivity contribution < 1.29 is 4.74 Å². The van der Waals surface area contributed by atoms with Crippen LogP contribution in [-0.2, 0) is 4.74 Å². The molecule has 0 aliphatic carbocycles. The normalized spacial score (nSPS) is 21.3. The molecule has 3 rings (SSSR count). The molecule has 1 aliphatic heterocycles. The third-order valence-corrected chi connectivity index (χ3v) is 3.00. The average molecular weight is 202 g/mol. The fourth-order valence-electron chi connectivity index (χ4n) is 2.16. The van der Waals surface area contributed by atoms with Crippen LogP contribution < -0.4 is 0 Å². The maximum Gasteiger partial charge on any atom is 0.118 e. The van der Waals surface area contributed by atoms with Crippen molar-refractivity contribution in [2.24, 2.45) is 0 Å². The minimum Gasteiger partial charge on any atom is -0.381 e. The SMILES string of the molecule is Cc1ccc2cnc(C3CCOC3)n2c1. The van der Waals surface area contributed by atoms with E-state index in [4.69, 9.17) is 4.74 Å². The smallest absolute Gasteiger partial charge is 0.118 e. The minimum atomic E-state index is 0.467. The third-order valence-electron chi connectivity index (χ3n) is 3.00. The van der Waals surface area contributed by atoms with Gasteiger partial charge in [-0.3, -0.25) is 0 Å². The van der Waals surface area contributed by atoms with Crippen LogP contribution in [0, 0.1) is 6.92 Å². The molecule has 1 aliphatic rings. The predicted octanol–water partition coefficient (Wildman–Crippen LogP) is 2.15. The first-order valence-electron chi connectivity index (χ1n) is 5.36. The molecule has 2 aromatic heterocycles. The van der Waals surface area contributed by atoms with Crippen LogP contribution in [0.1, 0.15) is 23.7 Å². The van der Waals surface area contributed by atoms with Crippen molar-refractivity contribution in [3.8, 4) is 0 Å². The van der Waals surface area contributed by atoms with Crippen LogP contribution in [0.4, 0.5) is 0 Å². The van der Waals surface area contributed by atoms with Gasteiger partial charge >= 0.3 is 0 Å². The van der Waals surface area contributed by atoms with E-state index in [-0.39, 0.29) is 0 Å². The topological polar surface area (TPSA) is 26.5 Å². The molecular weight excluding hydrogens is 188 g/mol. The molecule has 1 fully saturated rings. The fraction of sp³-hybridized carbons (Fsp3) is 0.417. The molecule has 0 N–H and O–H groups in total. The summed E-state index contributed by atoms with van der Waals surface area (Å²) >= 11 is 0. The summed E-state index contributed by atoms with van der Waals surface area (Å²) in [6.07, 6.45) is 5.18. The molecule has 0 aromatic carbocycles. The van der Waals surface area contributed by atoms with Gasteiger partial charge in [-0.2, -0.15) is 0 Å². The van der Waals surface area contributed by atoms with Crippen molar-refractivity contribution >= 4 is 5.52 Å². The first-order valence-corrected chi connectivity index (χ1v) is 5.36. The number of hydrogen-bond donors (Lipinski definition) is 0. The zero-order valence-corrected chi connectivity index (χ0v) is 8.81. The maximum absolute atomic E-state index is 5.41.